The average molecular weight is 418 g/mol. The predicted molar refractivity (Wildman–Crippen MR) is 115 cm³/mol. The molecule has 1 unspecified atom stereocenters. The van der Waals surface area contributed by atoms with Gasteiger partial charge in [-0.3, -0.25) is 9.48 Å². The molecular weight excluding hydrogens is 395 g/mol. The second-order valence-electron chi connectivity index (χ2n) is 7.63. The lowest BCUT2D eigenvalue weighted by molar-refractivity contribution is 0.0940. The van der Waals surface area contributed by atoms with E-state index in [1.807, 2.05) is 0 Å². The smallest absolute Gasteiger partial charge is 0.207 e. The molecule has 0 saturated carbocycles. The number of nitriles is 1. The normalized spacial score (nSPS) is 17.0. The van der Waals surface area contributed by atoms with Crippen LogP contribution in [0.25, 0.3) is 11.1 Å². The van der Waals surface area contributed by atoms with Crippen LogP contribution in [0.2, 0.25) is 0 Å². The van der Waals surface area contributed by atoms with Gasteiger partial charge in [0.05, 0.1) is 5.56 Å². The van der Waals surface area contributed by atoms with Gasteiger partial charge in [-0.1, -0.05) is 18.6 Å². The van der Waals surface area contributed by atoms with Crippen LogP contribution in [-0.2, 0) is 7.05 Å². The Hall–Kier alpha value is -3.57. The third-order valence-corrected chi connectivity index (χ3v) is 5.47. The quantitative estimate of drug-likeness (QED) is 0.597. The number of anilines is 1. The van der Waals surface area contributed by atoms with E-state index in [9.17, 15) is 14.4 Å². The first-order chi connectivity index (χ1) is 15.1. The van der Waals surface area contributed by atoms with E-state index < -0.39 is 6.04 Å². The summed E-state index contributed by atoms with van der Waals surface area (Å²) in [7, 11) is 1.75. The Labute approximate surface area is 179 Å². The molecule has 7 nitrogen and oxygen atoms in total. The fraction of sp³-hybridized carbons (Fsp3) is 0.304. The molecule has 3 heterocycles. The highest BCUT2D eigenvalue weighted by Crippen LogP contribution is 2.27. The summed E-state index contributed by atoms with van der Waals surface area (Å²) in [4.78, 5) is 18.0. The van der Waals surface area contributed by atoms with Gasteiger partial charge in [0, 0.05) is 31.0 Å². The molecule has 0 aliphatic carbocycles. The van der Waals surface area contributed by atoms with Crippen LogP contribution in [0.3, 0.4) is 0 Å². The van der Waals surface area contributed by atoms with Crippen molar-refractivity contribution in [2.45, 2.75) is 31.3 Å². The van der Waals surface area contributed by atoms with Crippen molar-refractivity contribution in [2.75, 3.05) is 11.9 Å². The van der Waals surface area contributed by atoms with Gasteiger partial charge in [0.15, 0.2) is 0 Å². The van der Waals surface area contributed by atoms with Crippen molar-refractivity contribution in [3.63, 3.8) is 0 Å². The molecule has 1 aliphatic heterocycles. The van der Waals surface area contributed by atoms with Crippen LogP contribution >= 0.6 is 0 Å². The van der Waals surface area contributed by atoms with E-state index in [2.05, 4.69) is 26.8 Å². The molecule has 8 heteroatoms. The third-order valence-electron chi connectivity index (χ3n) is 5.47. The summed E-state index contributed by atoms with van der Waals surface area (Å²) in [6.07, 6.45) is 6.21. The van der Waals surface area contributed by atoms with Gasteiger partial charge in [-0.05, 0) is 49.2 Å². The number of benzene rings is 1. The fourth-order valence-corrected chi connectivity index (χ4v) is 3.93. The monoisotopic (exact) mass is 418 g/mol. The number of hydrogen-bond donors (Lipinski definition) is 2. The number of halogens is 1. The van der Waals surface area contributed by atoms with Crippen LogP contribution < -0.4 is 10.6 Å². The number of nitrogens with one attached hydrogen (secondary N) is 2. The zero-order chi connectivity index (χ0) is 21.8. The van der Waals surface area contributed by atoms with Gasteiger partial charge in [-0.2, -0.15) is 10.4 Å². The van der Waals surface area contributed by atoms with Gasteiger partial charge in [0.25, 0.3) is 0 Å². The van der Waals surface area contributed by atoms with E-state index >= 15 is 0 Å². The van der Waals surface area contributed by atoms with Crippen molar-refractivity contribution in [1.82, 2.24) is 20.1 Å². The van der Waals surface area contributed by atoms with Crippen LogP contribution in [-0.4, -0.2) is 39.2 Å². The van der Waals surface area contributed by atoms with Crippen molar-refractivity contribution >= 4 is 11.6 Å². The van der Waals surface area contributed by atoms with Crippen LogP contribution in [0.5, 0.6) is 0 Å². The summed E-state index contributed by atoms with van der Waals surface area (Å²) >= 11 is 0. The van der Waals surface area contributed by atoms with Crippen molar-refractivity contribution < 1.29 is 9.18 Å². The Morgan fingerprint density at radius 1 is 1.32 bits per heavy atom. The number of hydrogen-bond acceptors (Lipinski definition) is 6. The first-order valence-electron chi connectivity index (χ1n) is 10.3. The topological polar surface area (TPSA) is 95.6 Å². The number of pyridine rings is 1. The van der Waals surface area contributed by atoms with E-state index in [-0.39, 0.29) is 17.6 Å². The Kier molecular flexibility index (Phi) is 6.05. The minimum Gasteiger partial charge on any atom is -0.357 e. The SMILES string of the molecule is Cn1cc(-c2ccc(F)cc2)c(C(=O)[C@@H](Nc2ncccc2C#N)C2CCCCN2)n1. The zero-order valence-electron chi connectivity index (χ0n) is 17.2. The van der Waals surface area contributed by atoms with Crippen LogP contribution in [0.1, 0.15) is 35.3 Å². The Balaban J connectivity index is 1.73. The second-order valence-corrected chi connectivity index (χ2v) is 7.63. The molecule has 4 rings (SSSR count). The van der Waals surface area contributed by atoms with Crippen LogP contribution in [0.15, 0.2) is 48.8 Å². The highest BCUT2D eigenvalue weighted by Gasteiger charge is 2.34. The van der Waals surface area contributed by atoms with E-state index in [0.717, 1.165) is 25.8 Å². The van der Waals surface area contributed by atoms with Gasteiger partial charge in [-0.25, -0.2) is 9.37 Å². The maximum atomic E-state index is 13.8. The average Bonchev–Trinajstić information content (AvgIpc) is 3.20. The largest absolute Gasteiger partial charge is 0.357 e. The van der Waals surface area contributed by atoms with Crippen molar-refractivity contribution in [1.29, 1.82) is 5.26 Å². The molecule has 1 saturated heterocycles. The van der Waals surface area contributed by atoms with Crippen LogP contribution in [0, 0.1) is 17.1 Å². The van der Waals surface area contributed by atoms with Gasteiger partial charge in [0.2, 0.25) is 5.78 Å². The molecule has 0 radical (unpaired) electrons. The molecule has 2 N–H and O–H groups in total. The van der Waals surface area contributed by atoms with E-state index in [1.54, 1.807) is 48.4 Å². The number of ketones is 1. The molecule has 158 valence electrons. The third kappa shape index (κ3) is 4.47. The van der Waals surface area contributed by atoms with Gasteiger partial charge >= 0.3 is 0 Å². The minimum absolute atomic E-state index is 0.127. The highest BCUT2D eigenvalue weighted by atomic mass is 19.1. The number of nitrogens with zero attached hydrogens (tertiary/aromatic N) is 4. The molecule has 0 spiro atoms. The summed E-state index contributed by atoms with van der Waals surface area (Å²) < 4.78 is 15.0. The zero-order valence-corrected chi connectivity index (χ0v) is 17.2. The van der Waals surface area contributed by atoms with Crippen molar-refractivity contribution in [2.24, 2.45) is 7.05 Å². The van der Waals surface area contributed by atoms with Crippen LogP contribution in [0.4, 0.5) is 10.2 Å². The first kappa shape index (κ1) is 20.7. The molecule has 0 amide bonds. The highest BCUT2D eigenvalue weighted by molar-refractivity contribution is 6.05. The minimum atomic E-state index is -0.656. The Morgan fingerprint density at radius 3 is 2.84 bits per heavy atom. The van der Waals surface area contributed by atoms with E-state index in [4.69, 9.17) is 0 Å². The standard InChI is InChI=1S/C23H23FN6O/c1-30-14-18(15-7-9-17(24)10-8-15)20(29-30)22(31)21(19-6-2-3-11-26-19)28-23-16(13-25)5-4-12-27-23/h4-5,7-10,12,14,19,21,26H,2-3,6,11H2,1H3,(H,27,28)/t19?,21-/m0/s1. The number of aromatic nitrogens is 3. The maximum absolute atomic E-state index is 13.8. The predicted octanol–water partition coefficient (Wildman–Crippen LogP) is 3.30. The van der Waals surface area contributed by atoms with Gasteiger partial charge < -0.3 is 10.6 Å². The maximum Gasteiger partial charge on any atom is 0.207 e. The summed E-state index contributed by atoms with van der Waals surface area (Å²) in [6, 6.07) is 10.7. The molecule has 0 bridgehead atoms. The molecular formula is C23H23FN6O. The lowest BCUT2D eigenvalue weighted by atomic mass is 9.91. The number of rotatable bonds is 6. The van der Waals surface area contributed by atoms with E-state index in [1.165, 1.54) is 12.1 Å². The molecule has 1 fully saturated rings. The first-order valence-corrected chi connectivity index (χ1v) is 10.3. The number of aryl methyl sites for hydroxylation is 1. The number of piperidine rings is 1. The van der Waals surface area contributed by atoms with Crippen molar-refractivity contribution in [3.8, 4) is 17.2 Å². The van der Waals surface area contributed by atoms with Gasteiger partial charge in [-0.15, -0.1) is 0 Å². The second kappa shape index (κ2) is 9.06. The number of carbonyl (C=O) groups excluding carboxylic acids is 1. The molecule has 2 aromatic heterocycles. The summed E-state index contributed by atoms with van der Waals surface area (Å²) in [5.41, 5.74) is 2.02. The lowest BCUT2D eigenvalue weighted by Gasteiger charge is -2.31. The number of carbonyl (C=O) groups is 1. The number of Topliss-reactive ketones (excluding diaryl/α,β-unsaturated/α-hetero) is 1. The van der Waals surface area contributed by atoms with Gasteiger partial charge in [0.1, 0.15) is 29.4 Å². The van der Waals surface area contributed by atoms with E-state index in [0.29, 0.717) is 28.2 Å². The fourth-order valence-electron chi connectivity index (χ4n) is 3.93. The molecule has 1 aromatic carbocycles. The van der Waals surface area contributed by atoms with Crippen molar-refractivity contribution in [3.05, 3.63) is 65.9 Å². The summed E-state index contributed by atoms with van der Waals surface area (Å²) in [6.45, 7) is 0.816. The molecule has 31 heavy (non-hydrogen) atoms. The summed E-state index contributed by atoms with van der Waals surface area (Å²) in [5.74, 6) is -0.172. The Bertz CT molecular complexity index is 1110. The molecule has 3 aromatic rings. The molecule has 1 aliphatic rings. The summed E-state index contributed by atoms with van der Waals surface area (Å²) in [5, 5.41) is 20.5. The Morgan fingerprint density at radius 2 is 2.13 bits per heavy atom. The molecule has 2 atom stereocenters. The lowest BCUT2D eigenvalue weighted by Crippen LogP contribution is -2.51.